The molecule has 0 bridgehead atoms. The second-order valence-electron chi connectivity index (χ2n) is 7.38. The SMILES string of the molecule is O=C(Nc1ccccc1)Nc1ccc(SC(C(=O)Nc2cccc(Cl)c2)c2ccccc2)cc1. The number of hydrogen-bond donors (Lipinski definition) is 3. The van der Waals surface area contributed by atoms with Gasteiger partial charge in [0.2, 0.25) is 5.91 Å². The summed E-state index contributed by atoms with van der Waals surface area (Å²) in [6.45, 7) is 0. The minimum atomic E-state index is -0.472. The first-order chi connectivity index (χ1) is 16.6. The molecular formula is C27H22ClN3O2S. The fourth-order valence-corrected chi connectivity index (χ4v) is 4.46. The van der Waals surface area contributed by atoms with Crippen LogP contribution in [0.4, 0.5) is 21.9 Å². The van der Waals surface area contributed by atoms with Gasteiger partial charge in [0.25, 0.3) is 0 Å². The van der Waals surface area contributed by atoms with Crippen molar-refractivity contribution in [1.29, 1.82) is 0 Å². The van der Waals surface area contributed by atoms with Crippen LogP contribution in [0.2, 0.25) is 5.02 Å². The van der Waals surface area contributed by atoms with Crippen molar-refractivity contribution in [3.8, 4) is 0 Å². The summed E-state index contributed by atoms with van der Waals surface area (Å²) in [6, 6.07) is 33.0. The predicted molar refractivity (Wildman–Crippen MR) is 141 cm³/mol. The van der Waals surface area contributed by atoms with E-state index in [1.807, 2.05) is 84.9 Å². The number of thioether (sulfide) groups is 1. The van der Waals surface area contributed by atoms with Crippen molar-refractivity contribution in [3.05, 3.63) is 120 Å². The van der Waals surface area contributed by atoms with Crippen LogP contribution < -0.4 is 16.0 Å². The van der Waals surface area contributed by atoms with E-state index >= 15 is 0 Å². The van der Waals surface area contributed by atoms with Crippen molar-refractivity contribution >= 4 is 52.4 Å². The van der Waals surface area contributed by atoms with Crippen LogP contribution in [0.3, 0.4) is 0 Å². The van der Waals surface area contributed by atoms with Gasteiger partial charge in [0.05, 0.1) is 0 Å². The fraction of sp³-hybridized carbons (Fsp3) is 0.0370. The topological polar surface area (TPSA) is 70.2 Å². The molecule has 4 aromatic carbocycles. The van der Waals surface area contributed by atoms with Crippen molar-refractivity contribution in [2.24, 2.45) is 0 Å². The Labute approximate surface area is 207 Å². The summed E-state index contributed by atoms with van der Waals surface area (Å²) in [4.78, 5) is 26.3. The maximum Gasteiger partial charge on any atom is 0.323 e. The fourth-order valence-electron chi connectivity index (χ4n) is 3.24. The molecule has 1 unspecified atom stereocenters. The molecule has 0 saturated heterocycles. The summed E-state index contributed by atoms with van der Waals surface area (Å²) >= 11 is 7.49. The van der Waals surface area contributed by atoms with Gasteiger partial charge in [-0.15, -0.1) is 11.8 Å². The molecule has 4 aromatic rings. The van der Waals surface area contributed by atoms with E-state index in [1.54, 1.807) is 24.3 Å². The van der Waals surface area contributed by atoms with E-state index in [-0.39, 0.29) is 11.9 Å². The monoisotopic (exact) mass is 487 g/mol. The minimum Gasteiger partial charge on any atom is -0.325 e. The molecular weight excluding hydrogens is 466 g/mol. The molecule has 0 radical (unpaired) electrons. The minimum absolute atomic E-state index is 0.150. The van der Waals surface area contributed by atoms with Gasteiger partial charge in [-0.2, -0.15) is 0 Å². The van der Waals surface area contributed by atoms with Gasteiger partial charge in [0.15, 0.2) is 0 Å². The number of anilines is 3. The average Bonchev–Trinajstić information content (AvgIpc) is 2.84. The van der Waals surface area contributed by atoms with E-state index in [0.717, 1.165) is 10.5 Å². The van der Waals surface area contributed by atoms with Crippen LogP contribution in [0.5, 0.6) is 0 Å². The van der Waals surface area contributed by atoms with E-state index in [0.29, 0.717) is 22.1 Å². The zero-order chi connectivity index (χ0) is 23.8. The molecule has 3 N–H and O–H groups in total. The number of halogens is 1. The largest absolute Gasteiger partial charge is 0.325 e. The van der Waals surface area contributed by atoms with E-state index in [4.69, 9.17) is 11.6 Å². The van der Waals surface area contributed by atoms with Crippen LogP contribution in [-0.4, -0.2) is 11.9 Å². The highest BCUT2D eigenvalue weighted by Gasteiger charge is 2.22. The molecule has 3 amide bonds. The van der Waals surface area contributed by atoms with Gasteiger partial charge < -0.3 is 16.0 Å². The second-order valence-corrected chi connectivity index (χ2v) is 8.99. The van der Waals surface area contributed by atoms with Crippen molar-refractivity contribution < 1.29 is 9.59 Å². The number of hydrogen-bond acceptors (Lipinski definition) is 3. The first-order valence-corrected chi connectivity index (χ1v) is 11.8. The first-order valence-electron chi connectivity index (χ1n) is 10.6. The lowest BCUT2D eigenvalue weighted by atomic mass is 10.1. The third-order valence-corrected chi connectivity index (χ3v) is 6.33. The number of urea groups is 1. The average molecular weight is 488 g/mol. The van der Waals surface area contributed by atoms with Gasteiger partial charge in [-0.3, -0.25) is 4.79 Å². The quantitative estimate of drug-likeness (QED) is 0.237. The van der Waals surface area contributed by atoms with Crippen LogP contribution in [0.25, 0.3) is 0 Å². The molecule has 0 fully saturated rings. The highest BCUT2D eigenvalue weighted by atomic mass is 35.5. The molecule has 0 aliphatic carbocycles. The van der Waals surface area contributed by atoms with E-state index in [2.05, 4.69) is 16.0 Å². The normalized spacial score (nSPS) is 11.3. The summed E-state index contributed by atoms with van der Waals surface area (Å²) in [6.07, 6.45) is 0. The first kappa shape index (κ1) is 23.4. The smallest absolute Gasteiger partial charge is 0.323 e. The molecule has 0 heterocycles. The van der Waals surface area contributed by atoms with Gasteiger partial charge in [-0.1, -0.05) is 66.2 Å². The Hall–Kier alpha value is -3.74. The third kappa shape index (κ3) is 6.63. The molecule has 34 heavy (non-hydrogen) atoms. The predicted octanol–water partition coefficient (Wildman–Crippen LogP) is 7.46. The number of carbonyl (C=O) groups excluding carboxylic acids is 2. The lowest BCUT2D eigenvalue weighted by Gasteiger charge is -2.17. The van der Waals surface area contributed by atoms with Crippen molar-refractivity contribution in [3.63, 3.8) is 0 Å². The van der Waals surface area contributed by atoms with Gasteiger partial charge in [0, 0.05) is 27.0 Å². The summed E-state index contributed by atoms with van der Waals surface area (Å²) in [5, 5.41) is 8.63. The Morgan fingerprint density at radius 2 is 1.24 bits per heavy atom. The zero-order valence-electron chi connectivity index (χ0n) is 18.1. The Bertz CT molecular complexity index is 1250. The summed E-state index contributed by atoms with van der Waals surface area (Å²) in [5.41, 5.74) is 2.89. The zero-order valence-corrected chi connectivity index (χ0v) is 19.6. The number of amides is 3. The summed E-state index contributed by atoms with van der Waals surface area (Å²) in [7, 11) is 0. The lowest BCUT2D eigenvalue weighted by Crippen LogP contribution is -2.19. The number of carbonyl (C=O) groups is 2. The molecule has 0 aromatic heterocycles. The Balaban J connectivity index is 1.44. The molecule has 1 atom stereocenters. The Morgan fingerprint density at radius 3 is 1.88 bits per heavy atom. The van der Waals surface area contributed by atoms with Gasteiger partial charge in [-0.25, -0.2) is 4.79 Å². The second kappa shape index (κ2) is 11.4. The summed E-state index contributed by atoms with van der Waals surface area (Å²) < 4.78 is 0. The summed E-state index contributed by atoms with van der Waals surface area (Å²) in [5.74, 6) is -0.150. The van der Waals surface area contributed by atoms with Crippen LogP contribution in [0.15, 0.2) is 114 Å². The maximum atomic E-state index is 13.2. The van der Waals surface area contributed by atoms with E-state index < -0.39 is 5.25 Å². The Kier molecular flexibility index (Phi) is 7.86. The number of nitrogens with one attached hydrogen (secondary N) is 3. The van der Waals surface area contributed by atoms with Crippen molar-refractivity contribution in [2.45, 2.75) is 10.1 Å². The molecule has 0 aliphatic heterocycles. The Morgan fingerprint density at radius 1 is 0.647 bits per heavy atom. The van der Waals surface area contributed by atoms with Gasteiger partial charge >= 0.3 is 6.03 Å². The lowest BCUT2D eigenvalue weighted by molar-refractivity contribution is -0.115. The van der Waals surface area contributed by atoms with Crippen molar-refractivity contribution in [2.75, 3.05) is 16.0 Å². The standard InChI is InChI=1S/C27H22ClN3O2S/c28-20-10-7-13-23(18-20)29-26(32)25(19-8-3-1-4-9-19)34-24-16-14-22(15-17-24)31-27(33)30-21-11-5-2-6-12-21/h1-18,25H,(H,29,32)(H2,30,31,33). The molecule has 0 aliphatic rings. The van der Waals surface area contributed by atoms with E-state index in [1.165, 1.54) is 11.8 Å². The highest BCUT2D eigenvalue weighted by molar-refractivity contribution is 8.00. The third-order valence-electron chi connectivity index (χ3n) is 4.83. The number of para-hydroxylation sites is 1. The van der Waals surface area contributed by atoms with Crippen LogP contribution in [0, 0.1) is 0 Å². The molecule has 7 heteroatoms. The van der Waals surface area contributed by atoms with Gasteiger partial charge in [-0.05, 0) is 60.2 Å². The van der Waals surface area contributed by atoms with Crippen LogP contribution in [0.1, 0.15) is 10.8 Å². The van der Waals surface area contributed by atoms with Crippen molar-refractivity contribution in [1.82, 2.24) is 0 Å². The van der Waals surface area contributed by atoms with Crippen LogP contribution in [-0.2, 0) is 4.79 Å². The molecule has 0 spiro atoms. The maximum absolute atomic E-state index is 13.2. The van der Waals surface area contributed by atoms with Gasteiger partial charge in [0.1, 0.15) is 5.25 Å². The van der Waals surface area contributed by atoms with Crippen LogP contribution >= 0.6 is 23.4 Å². The molecule has 170 valence electrons. The number of benzene rings is 4. The molecule has 4 rings (SSSR count). The number of rotatable bonds is 7. The highest BCUT2D eigenvalue weighted by Crippen LogP contribution is 2.36. The van der Waals surface area contributed by atoms with E-state index in [9.17, 15) is 9.59 Å². The molecule has 0 saturated carbocycles. The molecule has 5 nitrogen and oxygen atoms in total.